The number of aliphatic hydroxyl groups is 1. The van der Waals surface area contributed by atoms with Crippen LogP contribution in [-0.4, -0.2) is 23.4 Å². The summed E-state index contributed by atoms with van der Waals surface area (Å²) in [6.07, 6.45) is 3.38. The molecule has 1 N–H and O–H groups in total. The largest absolute Gasteiger partial charge is 0.393 e. The summed E-state index contributed by atoms with van der Waals surface area (Å²) >= 11 is 0. The summed E-state index contributed by atoms with van der Waals surface area (Å²) in [5, 5.41) is 9.10. The summed E-state index contributed by atoms with van der Waals surface area (Å²) in [6.45, 7) is 12.4. The molecule has 0 heterocycles. The number of ether oxygens (including phenoxy) is 1. The van der Waals surface area contributed by atoms with Crippen molar-refractivity contribution in [2.24, 2.45) is 5.92 Å². The molecule has 0 aliphatic heterocycles. The van der Waals surface area contributed by atoms with Gasteiger partial charge in [0, 0.05) is 0 Å². The van der Waals surface area contributed by atoms with Gasteiger partial charge in [0.2, 0.25) is 0 Å². The van der Waals surface area contributed by atoms with Crippen molar-refractivity contribution in [2.45, 2.75) is 59.7 Å². The van der Waals surface area contributed by atoms with Gasteiger partial charge >= 0.3 is 0 Å². The second-order valence-corrected chi connectivity index (χ2v) is 5.26. The van der Waals surface area contributed by atoms with Crippen molar-refractivity contribution in [2.75, 3.05) is 6.61 Å². The van der Waals surface area contributed by atoms with E-state index in [0.717, 1.165) is 6.42 Å². The minimum absolute atomic E-state index is 0.0504. The van der Waals surface area contributed by atoms with Crippen LogP contribution in [-0.2, 0) is 4.74 Å². The Morgan fingerprint density at radius 2 is 1.87 bits per heavy atom. The summed E-state index contributed by atoms with van der Waals surface area (Å²) in [7, 11) is 0. The maximum atomic E-state index is 9.10. The Bertz CT molecular complexity index is 205. The first kappa shape index (κ1) is 14.7. The molecule has 1 unspecified atom stereocenters. The van der Waals surface area contributed by atoms with E-state index < -0.39 is 5.60 Å². The topological polar surface area (TPSA) is 29.5 Å². The lowest BCUT2D eigenvalue weighted by Gasteiger charge is -2.27. The fourth-order valence-electron chi connectivity index (χ4n) is 1.20. The van der Waals surface area contributed by atoms with E-state index in [9.17, 15) is 0 Å². The average Bonchev–Trinajstić information content (AvgIpc) is 2.13. The number of hydrogen-bond acceptors (Lipinski definition) is 2. The summed E-state index contributed by atoms with van der Waals surface area (Å²) in [5.74, 6) is 0.679. The zero-order chi connectivity index (χ0) is 12.1. The van der Waals surface area contributed by atoms with Gasteiger partial charge in [-0.05, 0) is 45.6 Å². The zero-order valence-electron chi connectivity index (χ0n) is 11.0. The van der Waals surface area contributed by atoms with Crippen LogP contribution in [0.25, 0.3) is 0 Å². The van der Waals surface area contributed by atoms with Crippen molar-refractivity contribution in [1.82, 2.24) is 0 Å². The first-order valence-corrected chi connectivity index (χ1v) is 5.74. The molecule has 2 heteroatoms. The number of hydrogen-bond donors (Lipinski definition) is 1. The smallest absolute Gasteiger partial charge is 0.0864 e. The average molecular weight is 214 g/mol. The van der Waals surface area contributed by atoms with E-state index in [4.69, 9.17) is 9.84 Å². The molecule has 0 aliphatic carbocycles. The molecule has 15 heavy (non-hydrogen) atoms. The van der Waals surface area contributed by atoms with Crippen molar-refractivity contribution in [3.63, 3.8) is 0 Å². The van der Waals surface area contributed by atoms with Crippen LogP contribution in [0.2, 0.25) is 0 Å². The van der Waals surface area contributed by atoms with E-state index >= 15 is 0 Å². The SMILES string of the molecule is C/C(=C\CC(C)C)C(C)OC(C)(C)CO. The Kier molecular flexibility index (Phi) is 6.15. The molecule has 0 aromatic heterocycles. The maximum absolute atomic E-state index is 9.10. The first-order valence-electron chi connectivity index (χ1n) is 5.74. The zero-order valence-corrected chi connectivity index (χ0v) is 11.0. The minimum atomic E-state index is -0.452. The predicted molar refractivity (Wildman–Crippen MR) is 64.9 cm³/mol. The van der Waals surface area contributed by atoms with Crippen molar-refractivity contribution < 1.29 is 9.84 Å². The highest BCUT2D eigenvalue weighted by Crippen LogP contribution is 2.17. The Labute approximate surface area is 94.3 Å². The van der Waals surface area contributed by atoms with Crippen molar-refractivity contribution in [3.8, 4) is 0 Å². The van der Waals surface area contributed by atoms with Gasteiger partial charge in [0.05, 0.1) is 18.3 Å². The van der Waals surface area contributed by atoms with Gasteiger partial charge in [0.25, 0.3) is 0 Å². The van der Waals surface area contributed by atoms with Crippen LogP contribution in [0.3, 0.4) is 0 Å². The molecule has 0 radical (unpaired) electrons. The molecule has 0 saturated carbocycles. The normalized spacial score (nSPS) is 15.9. The summed E-state index contributed by atoms with van der Waals surface area (Å²) < 4.78 is 5.76. The molecular weight excluding hydrogens is 188 g/mol. The van der Waals surface area contributed by atoms with E-state index in [0.29, 0.717) is 5.92 Å². The van der Waals surface area contributed by atoms with Gasteiger partial charge < -0.3 is 9.84 Å². The molecule has 0 amide bonds. The van der Waals surface area contributed by atoms with E-state index in [2.05, 4.69) is 26.8 Å². The van der Waals surface area contributed by atoms with E-state index in [-0.39, 0.29) is 12.7 Å². The molecule has 0 fully saturated rings. The van der Waals surface area contributed by atoms with Crippen molar-refractivity contribution in [3.05, 3.63) is 11.6 Å². The van der Waals surface area contributed by atoms with E-state index in [1.54, 1.807) is 0 Å². The molecule has 0 bridgehead atoms. The molecular formula is C13H26O2. The third-order valence-electron chi connectivity index (χ3n) is 2.43. The highest BCUT2D eigenvalue weighted by molar-refractivity contribution is 5.04. The van der Waals surface area contributed by atoms with Crippen molar-refractivity contribution in [1.29, 1.82) is 0 Å². The lowest BCUT2D eigenvalue weighted by atomic mass is 10.1. The van der Waals surface area contributed by atoms with Gasteiger partial charge in [-0.1, -0.05) is 19.9 Å². The number of allylic oxidation sites excluding steroid dienone is 1. The Hall–Kier alpha value is -0.340. The van der Waals surface area contributed by atoms with E-state index in [1.165, 1.54) is 5.57 Å². The fourth-order valence-corrected chi connectivity index (χ4v) is 1.20. The molecule has 0 spiro atoms. The second-order valence-electron chi connectivity index (χ2n) is 5.26. The van der Waals surface area contributed by atoms with Gasteiger partial charge in [-0.25, -0.2) is 0 Å². The highest BCUT2D eigenvalue weighted by atomic mass is 16.5. The van der Waals surface area contributed by atoms with Crippen LogP contribution in [0.5, 0.6) is 0 Å². The third kappa shape index (κ3) is 6.69. The highest BCUT2D eigenvalue weighted by Gasteiger charge is 2.20. The van der Waals surface area contributed by atoms with Gasteiger partial charge in [0.15, 0.2) is 0 Å². The summed E-state index contributed by atoms with van der Waals surface area (Å²) in [6, 6.07) is 0. The molecule has 0 saturated heterocycles. The monoisotopic (exact) mass is 214 g/mol. The molecule has 0 aliphatic rings. The standard InChI is InChI=1S/C13H26O2/c1-10(2)7-8-11(3)12(4)15-13(5,6)9-14/h8,10,12,14H,7,9H2,1-6H3/b11-8+. The molecule has 90 valence electrons. The van der Waals surface area contributed by atoms with Crippen molar-refractivity contribution >= 4 is 0 Å². The Balaban J connectivity index is 4.20. The fraction of sp³-hybridized carbons (Fsp3) is 0.846. The quantitative estimate of drug-likeness (QED) is 0.688. The lowest BCUT2D eigenvalue weighted by Crippen LogP contribution is -2.33. The van der Waals surface area contributed by atoms with Gasteiger partial charge in [0.1, 0.15) is 0 Å². The van der Waals surface area contributed by atoms with Crippen LogP contribution < -0.4 is 0 Å². The molecule has 0 aromatic rings. The van der Waals surface area contributed by atoms with E-state index in [1.807, 2.05) is 20.8 Å². The predicted octanol–water partition coefficient (Wildman–Crippen LogP) is 3.15. The van der Waals surface area contributed by atoms with Gasteiger partial charge in [-0.2, -0.15) is 0 Å². The maximum Gasteiger partial charge on any atom is 0.0864 e. The first-order chi connectivity index (χ1) is 6.78. The summed E-state index contributed by atoms with van der Waals surface area (Å²) in [5.41, 5.74) is 0.789. The van der Waals surface area contributed by atoms with Crippen LogP contribution >= 0.6 is 0 Å². The Morgan fingerprint density at radius 3 is 2.27 bits per heavy atom. The van der Waals surface area contributed by atoms with Crippen LogP contribution in [0, 0.1) is 5.92 Å². The number of aliphatic hydroxyl groups excluding tert-OH is 1. The van der Waals surface area contributed by atoms with Crippen LogP contribution in [0.1, 0.15) is 48.0 Å². The molecule has 0 aromatic carbocycles. The minimum Gasteiger partial charge on any atom is -0.393 e. The Morgan fingerprint density at radius 1 is 1.33 bits per heavy atom. The van der Waals surface area contributed by atoms with Gasteiger partial charge in [-0.15, -0.1) is 0 Å². The second kappa shape index (κ2) is 6.29. The van der Waals surface area contributed by atoms with Crippen LogP contribution in [0.4, 0.5) is 0 Å². The lowest BCUT2D eigenvalue weighted by molar-refractivity contribution is -0.0782. The summed E-state index contributed by atoms with van der Waals surface area (Å²) in [4.78, 5) is 0. The van der Waals surface area contributed by atoms with Gasteiger partial charge in [-0.3, -0.25) is 0 Å². The molecule has 1 atom stereocenters. The molecule has 0 rings (SSSR count). The third-order valence-corrected chi connectivity index (χ3v) is 2.43. The van der Waals surface area contributed by atoms with Crippen LogP contribution in [0.15, 0.2) is 11.6 Å². The molecule has 2 nitrogen and oxygen atoms in total. The number of rotatable bonds is 6.